The van der Waals surface area contributed by atoms with Crippen molar-refractivity contribution in [1.29, 1.82) is 5.26 Å². The molecule has 108 valence electrons. The zero-order chi connectivity index (χ0) is 15.2. The van der Waals surface area contributed by atoms with E-state index in [9.17, 15) is 0 Å². The lowest BCUT2D eigenvalue weighted by atomic mass is 10.1. The van der Waals surface area contributed by atoms with Crippen LogP contribution in [0.2, 0.25) is 0 Å². The molecule has 0 fully saturated rings. The van der Waals surface area contributed by atoms with Crippen LogP contribution >= 0.6 is 0 Å². The van der Waals surface area contributed by atoms with Gasteiger partial charge in [0.1, 0.15) is 17.6 Å². The Morgan fingerprint density at radius 2 is 2.05 bits per heavy atom. The van der Waals surface area contributed by atoms with Crippen LogP contribution < -0.4 is 9.64 Å². The zero-order valence-electron chi connectivity index (χ0n) is 12.6. The topological polar surface area (TPSA) is 49.1 Å². The van der Waals surface area contributed by atoms with E-state index < -0.39 is 0 Å². The lowest BCUT2D eigenvalue weighted by Crippen LogP contribution is -2.31. The fraction of sp³-hybridized carbons (Fsp3) is 0.294. The smallest absolute Gasteiger partial charge is 0.128 e. The van der Waals surface area contributed by atoms with Gasteiger partial charge in [-0.2, -0.15) is 5.26 Å². The van der Waals surface area contributed by atoms with Crippen molar-refractivity contribution in [3.63, 3.8) is 0 Å². The van der Waals surface area contributed by atoms with E-state index in [1.807, 2.05) is 31.3 Å². The molecule has 1 aromatic heterocycles. The highest BCUT2D eigenvalue weighted by molar-refractivity contribution is 5.43. The Kier molecular flexibility index (Phi) is 4.78. The molecule has 0 bridgehead atoms. The fourth-order valence-corrected chi connectivity index (χ4v) is 2.21. The molecule has 2 rings (SSSR count). The summed E-state index contributed by atoms with van der Waals surface area (Å²) in [6, 6.07) is 14.0. The molecule has 0 aliphatic rings. The number of nitriles is 1. The fourth-order valence-electron chi connectivity index (χ4n) is 2.21. The molecule has 1 aromatic carbocycles. The highest BCUT2D eigenvalue weighted by Gasteiger charge is 2.14. The summed E-state index contributed by atoms with van der Waals surface area (Å²) in [4.78, 5) is 6.43. The van der Waals surface area contributed by atoms with Gasteiger partial charge >= 0.3 is 0 Å². The van der Waals surface area contributed by atoms with E-state index in [1.165, 1.54) is 5.56 Å². The number of nitrogens with zero attached hydrogens (tertiary/aromatic N) is 3. The Balaban J connectivity index is 2.11. The monoisotopic (exact) mass is 281 g/mol. The van der Waals surface area contributed by atoms with Crippen molar-refractivity contribution in [2.45, 2.75) is 19.4 Å². The van der Waals surface area contributed by atoms with Gasteiger partial charge in [-0.05, 0) is 37.1 Å². The van der Waals surface area contributed by atoms with Gasteiger partial charge in [-0.15, -0.1) is 0 Å². The van der Waals surface area contributed by atoms with Gasteiger partial charge in [-0.25, -0.2) is 4.98 Å². The van der Waals surface area contributed by atoms with Crippen LogP contribution in [-0.4, -0.2) is 25.2 Å². The summed E-state index contributed by atoms with van der Waals surface area (Å²) in [6.45, 7) is 2.15. The predicted molar refractivity (Wildman–Crippen MR) is 83.5 cm³/mol. The standard InChI is InChI=1S/C17H19N3O/c1-13(10-15-6-4-5-7-16(15)21-3)20(2)17-9-8-14(11-18)12-19-17/h4-9,12-13H,10H2,1-3H3. The van der Waals surface area contributed by atoms with E-state index in [1.54, 1.807) is 19.4 Å². The number of hydrogen-bond donors (Lipinski definition) is 0. The Morgan fingerprint density at radius 1 is 1.29 bits per heavy atom. The van der Waals surface area contributed by atoms with Gasteiger partial charge in [-0.1, -0.05) is 18.2 Å². The molecule has 4 nitrogen and oxygen atoms in total. The maximum absolute atomic E-state index is 8.81. The summed E-state index contributed by atoms with van der Waals surface area (Å²) in [5.74, 6) is 1.77. The number of para-hydroxylation sites is 1. The van der Waals surface area contributed by atoms with Crippen LogP contribution in [0.4, 0.5) is 5.82 Å². The molecule has 0 aliphatic heterocycles. The van der Waals surface area contributed by atoms with Crippen molar-refractivity contribution >= 4 is 5.82 Å². The van der Waals surface area contributed by atoms with Crippen LogP contribution in [0, 0.1) is 11.3 Å². The van der Waals surface area contributed by atoms with Gasteiger partial charge in [0.2, 0.25) is 0 Å². The number of pyridine rings is 1. The third-order valence-corrected chi connectivity index (χ3v) is 3.61. The van der Waals surface area contributed by atoms with Gasteiger partial charge in [0, 0.05) is 19.3 Å². The number of hydrogen-bond acceptors (Lipinski definition) is 4. The molecule has 0 N–H and O–H groups in total. The predicted octanol–water partition coefficient (Wildman–Crippen LogP) is 3.03. The number of benzene rings is 1. The van der Waals surface area contributed by atoms with Crippen molar-refractivity contribution in [2.24, 2.45) is 0 Å². The van der Waals surface area contributed by atoms with Crippen molar-refractivity contribution in [3.05, 3.63) is 53.7 Å². The second-order valence-corrected chi connectivity index (χ2v) is 4.99. The van der Waals surface area contributed by atoms with Gasteiger partial charge in [-0.3, -0.25) is 0 Å². The minimum atomic E-state index is 0.265. The molecule has 21 heavy (non-hydrogen) atoms. The second kappa shape index (κ2) is 6.76. The number of anilines is 1. The zero-order valence-corrected chi connectivity index (χ0v) is 12.6. The van der Waals surface area contributed by atoms with E-state index in [4.69, 9.17) is 10.00 Å². The number of ether oxygens (including phenoxy) is 1. The molecule has 4 heteroatoms. The van der Waals surface area contributed by atoms with Crippen molar-refractivity contribution < 1.29 is 4.74 Å². The molecule has 0 radical (unpaired) electrons. The third-order valence-electron chi connectivity index (χ3n) is 3.61. The normalized spacial score (nSPS) is 11.5. The molecule has 2 aromatic rings. The second-order valence-electron chi connectivity index (χ2n) is 4.99. The van der Waals surface area contributed by atoms with Crippen LogP contribution in [0.1, 0.15) is 18.1 Å². The third kappa shape index (κ3) is 3.51. The van der Waals surface area contributed by atoms with Gasteiger partial charge in [0.15, 0.2) is 0 Å². The van der Waals surface area contributed by atoms with Gasteiger partial charge in [0.25, 0.3) is 0 Å². The molecule has 1 heterocycles. The summed E-state index contributed by atoms with van der Waals surface area (Å²) in [5.41, 5.74) is 1.75. The highest BCUT2D eigenvalue weighted by Crippen LogP contribution is 2.22. The van der Waals surface area contributed by atoms with Crippen molar-refractivity contribution in [2.75, 3.05) is 19.1 Å². The first-order valence-electron chi connectivity index (χ1n) is 6.86. The summed E-state index contributed by atoms with van der Waals surface area (Å²) in [5, 5.41) is 8.81. The molecule has 0 spiro atoms. The number of rotatable bonds is 5. The minimum Gasteiger partial charge on any atom is -0.496 e. The molecule has 0 saturated heterocycles. The quantitative estimate of drug-likeness (QED) is 0.845. The Morgan fingerprint density at radius 3 is 2.67 bits per heavy atom. The molecule has 1 unspecified atom stereocenters. The van der Waals surface area contributed by atoms with Crippen LogP contribution in [0.15, 0.2) is 42.6 Å². The Hall–Kier alpha value is -2.54. The number of likely N-dealkylation sites (N-methyl/N-ethyl adjacent to an activating group) is 1. The summed E-state index contributed by atoms with van der Waals surface area (Å²) < 4.78 is 5.39. The summed E-state index contributed by atoms with van der Waals surface area (Å²) in [6.07, 6.45) is 2.46. The summed E-state index contributed by atoms with van der Waals surface area (Å²) >= 11 is 0. The number of methoxy groups -OCH3 is 1. The van der Waals surface area contributed by atoms with Crippen LogP contribution in [0.5, 0.6) is 5.75 Å². The molecule has 0 amide bonds. The van der Waals surface area contributed by atoms with E-state index >= 15 is 0 Å². The number of aromatic nitrogens is 1. The van der Waals surface area contributed by atoms with Crippen LogP contribution in [0.3, 0.4) is 0 Å². The average molecular weight is 281 g/mol. The first kappa shape index (κ1) is 14.9. The Bertz CT molecular complexity index is 631. The SMILES string of the molecule is COc1ccccc1CC(C)N(C)c1ccc(C#N)cn1. The van der Waals surface area contributed by atoms with E-state index in [2.05, 4.69) is 28.9 Å². The van der Waals surface area contributed by atoms with Gasteiger partial charge in [0.05, 0.1) is 12.7 Å². The molecular formula is C17H19N3O. The molecule has 1 atom stereocenters. The maximum Gasteiger partial charge on any atom is 0.128 e. The van der Waals surface area contributed by atoms with Crippen molar-refractivity contribution in [1.82, 2.24) is 4.98 Å². The largest absolute Gasteiger partial charge is 0.496 e. The van der Waals surface area contributed by atoms with Crippen LogP contribution in [-0.2, 0) is 6.42 Å². The lowest BCUT2D eigenvalue weighted by Gasteiger charge is -2.26. The maximum atomic E-state index is 8.81. The molecule has 0 aliphatic carbocycles. The highest BCUT2D eigenvalue weighted by atomic mass is 16.5. The average Bonchev–Trinajstić information content (AvgIpc) is 2.54. The van der Waals surface area contributed by atoms with E-state index in [0.29, 0.717) is 5.56 Å². The molecular weight excluding hydrogens is 262 g/mol. The van der Waals surface area contributed by atoms with E-state index in [0.717, 1.165) is 18.0 Å². The minimum absolute atomic E-state index is 0.265. The van der Waals surface area contributed by atoms with E-state index in [-0.39, 0.29) is 6.04 Å². The summed E-state index contributed by atoms with van der Waals surface area (Å²) in [7, 11) is 3.70. The van der Waals surface area contributed by atoms with Gasteiger partial charge < -0.3 is 9.64 Å². The van der Waals surface area contributed by atoms with Crippen LogP contribution in [0.25, 0.3) is 0 Å². The lowest BCUT2D eigenvalue weighted by molar-refractivity contribution is 0.408. The van der Waals surface area contributed by atoms with Crippen molar-refractivity contribution in [3.8, 4) is 11.8 Å². The molecule has 0 saturated carbocycles. The first-order valence-corrected chi connectivity index (χ1v) is 6.86. The Labute approximate surface area is 125 Å². The first-order chi connectivity index (χ1) is 10.2.